The first kappa shape index (κ1) is 23.3. The lowest BCUT2D eigenvalue weighted by atomic mass is 10.1. The van der Waals surface area contributed by atoms with Crippen LogP contribution in [0, 0.1) is 11.8 Å². The average molecular weight is 417 g/mol. The Morgan fingerprint density at radius 1 is 1.27 bits per heavy atom. The highest BCUT2D eigenvalue weighted by molar-refractivity contribution is 6.18. The summed E-state index contributed by atoms with van der Waals surface area (Å²) in [7, 11) is 4.78. The number of hydrogen-bond donors (Lipinski definition) is 3. The van der Waals surface area contributed by atoms with Gasteiger partial charge in [0.1, 0.15) is 17.2 Å². The fraction of sp³-hybridized carbons (Fsp3) is 0.500. The van der Waals surface area contributed by atoms with Crippen LogP contribution in [0.5, 0.6) is 0 Å². The lowest BCUT2D eigenvalue weighted by Gasteiger charge is -2.19. The van der Waals surface area contributed by atoms with Crippen LogP contribution in [0.3, 0.4) is 0 Å². The summed E-state index contributed by atoms with van der Waals surface area (Å²) < 4.78 is 0. The first-order valence-corrected chi connectivity index (χ1v) is 10.1. The Morgan fingerprint density at radius 3 is 2.43 bits per heavy atom. The van der Waals surface area contributed by atoms with Gasteiger partial charge in [-0.2, -0.15) is 0 Å². The van der Waals surface area contributed by atoms with Gasteiger partial charge in [0.05, 0.1) is 11.6 Å². The zero-order valence-corrected chi connectivity index (χ0v) is 18.4. The van der Waals surface area contributed by atoms with Crippen LogP contribution in [0.2, 0.25) is 0 Å². The molecule has 1 saturated carbocycles. The lowest BCUT2D eigenvalue weighted by molar-refractivity contribution is -0.136. The molecule has 8 nitrogen and oxygen atoms in total. The SMILES string of the molecule is C=C(O)/C(=C\C=C/C(C)C(=O)N(C)C)NC1=C(NC2CCC[C@@H]2C)C(=O)N(C)C1=O. The van der Waals surface area contributed by atoms with Crippen LogP contribution in [0.25, 0.3) is 0 Å². The van der Waals surface area contributed by atoms with Crippen LogP contribution in [0.1, 0.15) is 33.1 Å². The Kier molecular flexibility index (Phi) is 7.48. The summed E-state index contributed by atoms with van der Waals surface area (Å²) in [6.07, 6.45) is 7.86. The predicted octanol–water partition coefficient (Wildman–Crippen LogP) is 1.80. The average Bonchev–Trinajstić information content (AvgIpc) is 3.18. The molecule has 8 heteroatoms. The normalized spacial score (nSPS) is 23.4. The molecule has 2 aliphatic rings. The van der Waals surface area contributed by atoms with Crippen LogP contribution in [-0.4, -0.2) is 59.8 Å². The third-order valence-corrected chi connectivity index (χ3v) is 5.54. The van der Waals surface area contributed by atoms with Crippen LogP contribution in [0.4, 0.5) is 0 Å². The van der Waals surface area contributed by atoms with Gasteiger partial charge in [0.2, 0.25) is 5.91 Å². The Balaban J connectivity index is 2.27. The highest BCUT2D eigenvalue weighted by Crippen LogP contribution is 2.27. The molecule has 0 bridgehead atoms. The molecule has 1 aliphatic carbocycles. The van der Waals surface area contributed by atoms with Crippen molar-refractivity contribution in [2.45, 2.75) is 39.2 Å². The first-order chi connectivity index (χ1) is 14.0. The van der Waals surface area contributed by atoms with E-state index in [1.54, 1.807) is 33.2 Å². The number of hydrogen-bond acceptors (Lipinski definition) is 6. The second kappa shape index (κ2) is 9.65. The number of carbonyl (C=O) groups is 3. The molecule has 1 aliphatic heterocycles. The van der Waals surface area contributed by atoms with E-state index in [0.29, 0.717) is 5.92 Å². The summed E-state index contributed by atoms with van der Waals surface area (Å²) >= 11 is 0. The van der Waals surface area contributed by atoms with Crippen molar-refractivity contribution in [3.63, 3.8) is 0 Å². The maximum atomic E-state index is 12.6. The molecule has 1 heterocycles. The van der Waals surface area contributed by atoms with Crippen molar-refractivity contribution in [1.29, 1.82) is 0 Å². The van der Waals surface area contributed by atoms with Gasteiger partial charge in [-0.25, -0.2) is 0 Å². The molecule has 30 heavy (non-hydrogen) atoms. The molecule has 0 aromatic carbocycles. The number of aliphatic hydroxyl groups excluding tert-OH is 1. The van der Waals surface area contributed by atoms with E-state index in [4.69, 9.17) is 0 Å². The number of amides is 3. The zero-order chi connectivity index (χ0) is 22.6. The molecule has 0 aromatic rings. The molecule has 164 valence electrons. The minimum Gasteiger partial charge on any atom is -0.506 e. The van der Waals surface area contributed by atoms with Crippen molar-refractivity contribution in [3.8, 4) is 0 Å². The fourth-order valence-corrected chi connectivity index (χ4v) is 3.59. The number of allylic oxidation sites excluding steroid dienone is 2. The van der Waals surface area contributed by atoms with Gasteiger partial charge in [-0.3, -0.25) is 19.3 Å². The number of likely N-dealkylation sites (N-methyl/N-ethyl adjacent to an activating group) is 1. The Bertz CT molecular complexity index is 825. The van der Waals surface area contributed by atoms with E-state index in [9.17, 15) is 19.5 Å². The molecule has 1 fully saturated rings. The van der Waals surface area contributed by atoms with E-state index in [0.717, 1.165) is 24.2 Å². The van der Waals surface area contributed by atoms with E-state index >= 15 is 0 Å². The van der Waals surface area contributed by atoms with Crippen molar-refractivity contribution in [2.24, 2.45) is 11.8 Å². The highest BCUT2D eigenvalue weighted by atomic mass is 16.3. The molecular formula is C22H32N4O4. The summed E-state index contributed by atoms with van der Waals surface area (Å²) in [6.45, 7) is 7.40. The van der Waals surface area contributed by atoms with Gasteiger partial charge in [0, 0.05) is 27.2 Å². The second-order valence-electron chi connectivity index (χ2n) is 8.14. The van der Waals surface area contributed by atoms with Crippen LogP contribution >= 0.6 is 0 Å². The van der Waals surface area contributed by atoms with E-state index in [-0.39, 0.29) is 40.7 Å². The van der Waals surface area contributed by atoms with E-state index in [1.807, 2.05) is 0 Å². The zero-order valence-electron chi connectivity index (χ0n) is 18.4. The van der Waals surface area contributed by atoms with Crippen LogP contribution < -0.4 is 10.6 Å². The van der Waals surface area contributed by atoms with E-state index < -0.39 is 11.8 Å². The van der Waals surface area contributed by atoms with Gasteiger partial charge < -0.3 is 20.6 Å². The summed E-state index contributed by atoms with van der Waals surface area (Å²) in [5, 5.41) is 16.1. The number of nitrogens with one attached hydrogen (secondary N) is 2. The molecular weight excluding hydrogens is 384 g/mol. The summed E-state index contributed by atoms with van der Waals surface area (Å²) in [6, 6.07) is 0.114. The fourth-order valence-electron chi connectivity index (χ4n) is 3.59. The topological polar surface area (TPSA) is 102 Å². The third-order valence-electron chi connectivity index (χ3n) is 5.54. The Labute approximate surface area is 178 Å². The van der Waals surface area contributed by atoms with Crippen molar-refractivity contribution >= 4 is 17.7 Å². The Morgan fingerprint density at radius 2 is 1.90 bits per heavy atom. The molecule has 0 radical (unpaired) electrons. The van der Waals surface area contributed by atoms with Crippen molar-refractivity contribution < 1.29 is 19.5 Å². The standard InChI is InChI=1S/C22H32N4O4/c1-13-9-7-11-16(13)23-18-19(22(30)26(6)21(18)29)24-17(15(3)27)12-8-10-14(2)20(28)25(4)5/h8,10,12-14,16,23-24,27H,3,7,9,11H2,1-2,4-6H3/b10-8-,17-12+/t13-,14?,16?/m0/s1. The van der Waals surface area contributed by atoms with Gasteiger partial charge in [-0.15, -0.1) is 0 Å². The highest BCUT2D eigenvalue weighted by Gasteiger charge is 2.38. The number of carbonyl (C=O) groups excluding carboxylic acids is 3. The smallest absolute Gasteiger partial charge is 0.279 e. The number of aliphatic hydroxyl groups is 1. The first-order valence-electron chi connectivity index (χ1n) is 10.1. The molecule has 0 spiro atoms. The van der Waals surface area contributed by atoms with E-state index in [2.05, 4.69) is 24.1 Å². The summed E-state index contributed by atoms with van der Waals surface area (Å²) in [4.78, 5) is 39.7. The largest absolute Gasteiger partial charge is 0.506 e. The molecule has 3 amide bonds. The van der Waals surface area contributed by atoms with Gasteiger partial charge in [0.15, 0.2) is 0 Å². The number of nitrogens with zero attached hydrogens (tertiary/aromatic N) is 2. The third kappa shape index (κ3) is 5.11. The van der Waals surface area contributed by atoms with Crippen LogP contribution in [0.15, 0.2) is 47.7 Å². The van der Waals surface area contributed by atoms with E-state index in [1.165, 1.54) is 18.0 Å². The maximum absolute atomic E-state index is 12.6. The molecule has 3 N–H and O–H groups in total. The summed E-state index contributed by atoms with van der Waals surface area (Å²) in [5.41, 5.74) is 0.448. The number of rotatable bonds is 8. The molecule has 3 atom stereocenters. The summed E-state index contributed by atoms with van der Waals surface area (Å²) in [5.74, 6) is -1.21. The maximum Gasteiger partial charge on any atom is 0.279 e. The molecule has 2 unspecified atom stereocenters. The van der Waals surface area contributed by atoms with Crippen molar-refractivity contribution in [3.05, 3.63) is 47.7 Å². The minimum atomic E-state index is -0.486. The number of imide groups is 1. The van der Waals surface area contributed by atoms with Crippen molar-refractivity contribution in [2.75, 3.05) is 21.1 Å². The van der Waals surface area contributed by atoms with Gasteiger partial charge in [0.25, 0.3) is 11.8 Å². The predicted molar refractivity (Wildman–Crippen MR) is 115 cm³/mol. The lowest BCUT2D eigenvalue weighted by Crippen LogP contribution is -2.36. The molecule has 2 rings (SSSR count). The molecule has 0 saturated heterocycles. The monoisotopic (exact) mass is 416 g/mol. The quantitative estimate of drug-likeness (QED) is 0.317. The Hall–Kier alpha value is -3.03. The van der Waals surface area contributed by atoms with Gasteiger partial charge in [-0.05, 0) is 24.8 Å². The van der Waals surface area contributed by atoms with Crippen LogP contribution in [-0.2, 0) is 14.4 Å². The second-order valence-corrected chi connectivity index (χ2v) is 8.14. The van der Waals surface area contributed by atoms with Gasteiger partial charge in [-0.1, -0.05) is 39.0 Å². The van der Waals surface area contributed by atoms with Gasteiger partial charge >= 0.3 is 0 Å². The van der Waals surface area contributed by atoms with Crippen molar-refractivity contribution in [1.82, 2.24) is 20.4 Å². The minimum absolute atomic E-state index is 0.0601. The molecule has 0 aromatic heterocycles.